The Balaban J connectivity index is 1.50. The maximum absolute atomic E-state index is 14.8. The molecule has 5 rings (SSSR count). The minimum Gasteiger partial charge on any atom is -0.292 e. The summed E-state index contributed by atoms with van der Waals surface area (Å²) in [5.74, 6) is 0.148. The molecule has 0 aliphatic heterocycles. The Labute approximate surface area is 207 Å². The van der Waals surface area contributed by atoms with Crippen molar-refractivity contribution < 1.29 is 4.39 Å². The van der Waals surface area contributed by atoms with Crippen LogP contribution in [0.5, 0.6) is 0 Å². The third-order valence-electron chi connectivity index (χ3n) is 6.29. The number of aryl methyl sites for hydroxylation is 2. The molecule has 0 spiro atoms. The van der Waals surface area contributed by atoms with Crippen LogP contribution in [-0.2, 0) is 19.4 Å². The van der Waals surface area contributed by atoms with Crippen molar-refractivity contribution in [2.75, 3.05) is 0 Å². The van der Waals surface area contributed by atoms with Crippen molar-refractivity contribution in [3.63, 3.8) is 0 Å². The van der Waals surface area contributed by atoms with E-state index < -0.39 is 5.82 Å². The van der Waals surface area contributed by atoms with Gasteiger partial charge < -0.3 is 0 Å². The van der Waals surface area contributed by atoms with E-state index in [4.69, 9.17) is 0 Å². The van der Waals surface area contributed by atoms with Crippen molar-refractivity contribution in [3.05, 3.63) is 100 Å². The number of aromatic nitrogens is 7. The van der Waals surface area contributed by atoms with Gasteiger partial charge in [0.15, 0.2) is 5.82 Å². The number of para-hydroxylation sites is 1. The van der Waals surface area contributed by atoms with Gasteiger partial charge in [0.2, 0.25) is 0 Å². The van der Waals surface area contributed by atoms with E-state index in [1.54, 1.807) is 29.2 Å². The summed E-state index contributed by atoms with van der Waals surface area (Å²) in [6, 6.07) is 14.9. The molecule has 5 aromatic rings. The molecule has 8 nitrogen and oxygen atoms in total. The van der Waals surface area contributed by atoms with Gasteiger partial charge >= 0.3 is 5.69 Å². The summed E-state index contributed by atoms with van der Waals surface area (Å²) in [6.45, 7) is 4.42. The third-order valence-corrected chi connectivity index (χ3v) is 6.29. The Morgan fingerprint density at radius 1 is 1.03 bits per heavy atom. The van der Waals surface area contributed by atoms with E-state index in [9.17, 15) is 9.18 Å². The van der Waals surface area contributed by atoms with Crippen molar-refractivity contribution in [1.29, 1.82) is 0 Å². The summed E-state index contributed by atoms with van der Waals surface area (Å²) in [5.41, 5.74) is 5.47. The Morgan fingerprint density at radius 3 is 2.58 bits per heavy atom. The molecule has 0 aliphatic rings. The normalized spacial score (nSPS) is 11.2. The average molecular weight is 484 g/mol. The molecule has 0 amide bonds. The van der Waals surface area contributed by atoms with Crippen LogP contribution in [0.15, 0.2) is 71.9 Å². The van der Waals surface area contributed by atoms with Gasteiger partial charge in [-0.05, 0) is 57.7 Å². The predicted molar refractivity (Wildman–Crippen MR) is 135 cm³/mol. The molecular formula is C27H26FN7O. The Morgan fingerprint density at radius 2 is 1.86 bits per heavy atom. The lowest BCUT2D eigenvalue weighted by Crippen LogP contribution is -2.25. The number of rotatable bonds is 8. The molecule has 182 valence electrons. The summed E-state index contributed by atoms with van der Waals surface area (Å²) in [5, 5.41) is 14.1. The number of tetrazole rings is 1. The highest BCUT2D eigenvalue weighted by Gasteiger charge is 2.18. The van der Waals surface area contributed by atoms with E-state index in [1.807, 2.05) is 43.3 Å². The van der Waals surface area contributed by atoms with Gasteiger partial charge in [0.25, 0.3) is 0 Å². The lowest BCUT2D eigenvalue weighted by molar-refractivity contribution is 0.610. The largest absolute Gasteiger partial charge is 0.333 e. The summed E-state index contributed by atoms with van der Waals surface area (Å²) in [6.07, 6.45) is 7.47. The van der Waals surface area contributed by atoms with Gasteiger partial charge in [-0.2, -0.15) is 0 Å². The second-order valence-electron chi connectivity index (χ2n) is 8.58. The summed E-state index contributed by atoms with van der Waals surface area (Å²) >= 11 is 0. The molecule has 0 unspecified atom stereocenters. The molecule has 0 aliphatic carbocycles. The van der Waals surface area contributed by atoms with Crippen LogP contribution in [0.4, 0.5) is 4.39 Å². The van der Waals surface area contributed by atoms with Crippen molar-refractivity contribution in [3.8, 4) is 28.2 Å². The molecule has 0 saturated carbocycles. The van der Waals surface area contributed by atoms with Gasteiger partial charge in [-0.25, -0.2) is 14.3 Å². The van der Waals surface area contributed by atoms with Gasteiger partial charge in [-0.15, -0.1) is 5.10 Å². The highest BCUT2D eigenvalue weighted by molar-refractivity contribution is 5.79. The SMILES string of the molecule is CCCc1cn(-c2c(F)cccc2CC)c(=O)n1Cc1ccc(-c2ccncc2-c2nnn[nH]2)cc1. The van der Waals surface area contributed by atoms with E-state index in [2.05, 4.69) is 32.5 Å². The van der Waals surface area contributed by atoms with Crippen LogP contribution in [0.3, 0.4) is 0 Å². The number of benzene rings is 2. The lowest BCUT2D eigenvalue weighted by Gasteiger charge is -2.10. The van der Waals surface area contributed by atoms with Crippen LogP contribution in [0.1, 0.15) is 37.1 Å². The van der Waals surface area contributed by atoms with Crippen molar-refractivity contribution in [1.82, 2.24) is 34.7 Å². The van der Waals surface area contributed by atoms with Crippen molar-refractivity contribution >= 4 is 0 Å². The minimum atomic E-state index is -0.392. The van der Waals surface area contributed by atoms with E-state index >= 15 is 0 Å². The topological polar surface area (TPSA) is 94.3 Å². The molecule has 36 heavy (non-hydrogen) atoms. The van der Waals surface area contributed by atoms with Gasteiger partial charge in [-0.3, -0.25) is 14.1 Å². The van der Waals surface area contributed by atoms with Gasteiger partial charge in [0.05, 0.1) is 12.2 Å². The van der Waals surface area contributed by atoms with Crippen LogP contribution < -0.4 is 5.69 Å². The first-order valence-corrected chi connectivity index (χ1v) is 12.0. The van der Waals surface area contributed by atoms with Gasteiger partial charge in [0, 0.05) is 29.8 Å². The van der Waals surface area contributed by atoms with E-state index in [0.717, 1.165) is 46.4 Å². The fraction of sp³-hybridized carbons (Fsp3) is 0.222. The number of H-pyrrole nitrogens is 1. The molecule has 0 atom stereocenters. The van der Waals surface area contributed by atoms with Crippen LogP contribution in [0.25, 0.3) is 28.2 Å². The molecule has 2 aromatic carbocycles. The van der Waals surface area contributed by atoms with E-state index in [-0.39, 0.29) is 5.69 Å². The highest BCUT2D eigenvalue weighted by Crippen LogP contribution is 2.29. The average Bonchev–Trinajstić information content (AvgIpc) is 3.54. The van der Waals surface area contributed by atoms with Crippen LogP contribution in [0, 0.1) is 5.82 Å². The number of nitrogens with zero attached hydrogens (tertiary/aromatic N) is 6. The lowest BCUT2D eigenvalue weighted by atomic mass is 10.00. The molecule has 0 saturated heterocycles. The first kappa shape index (κ1) is 23.3. The number of hydrogen-bond acceptors (Lipinski definition) is 5. The van der Waals surface area contributed by atoms with Crippen LogP contribution >= 0.6 is 0 Å². The summed E-state index contributed by atoms with van der Waals surface area (Å²) in [4.78, 5) is 17.7. The molecule has 0 bridgehead atoms. The second kappa shape index (κ2) is 10.1. The quantitative estimate of drug-likeness (QED) is 0.349. The third kappa shape index (κ3) is 4.35. The van der Waals surface area contributed by atoms with Gasteiger partial charge in [-0.1, -0.05) is 56.7 Å². The number of nitrogens with one attached hydrogen (secondary N) is 1. The second-order valence-corrected chi connectivity index (χ2v) is 8.58. The van der Waals surface area contributed by atoms with Gasteiger partial charge in [0.1, 0.15) is 5.82 Å². The fourth-order valence-corrected chi connectivity index (χ4v) is 4.51. The van der Waals surface area contributed by atoms with E-state index in [1.165, 1.54) is 10.6 Å². The summed E-state index contributed by atoms with van der Waals surface area (Å²) < 4.78 is 18.0. The van der Waals surface area contributed by atoms with Crippen molar-refractivity contribution in [2.24, 2.45) is 0 Å². The molecule has 9 heteroatoms. The Hall–Kier alpha value is -4.40. The maximum Gasteiger partial charge on any atom is 0.333 e. The molecular weight excluding hydrogens is 457 g/mol. The Bertz CT molecular complexity index is 1540. The molecule has 0 radical (unpaired) electrons. The predicted octanol–water partition coefficient (Wildman–Crippen LogP) is 4.58. The summed E-state index contributed by atoms with van der Waals surface area (Å²) in [7, 11) is 0. The van der Waals surface area contributed by atoms with E-state index in [0.29, 0.717) is 24.5 Å². The first-order valence-electron chi connectivity index (χ1n) is 12.0. The highest BCUT2D eigenvalue weighted by atomic mass is 19.1. The number of hydrogen-bond donors (Lipinski definition) is 1. The van der Waals surface area contributed by atoms with Crippen molar-refractivity contribution in [2.45, 2.75) is 39.7 Å². The molecule has 0 fully saturated rings. The number of halogens is 1. The zero-order valence-electron chi connectivity index (χ0n) is 20.1. The maximum atomic E-state index is 14.8. The standard InChI is InChI=1S/C27H26FN7O/c1-3-6-21-17-35(25-19(4-2)7-5-8-24(25)28)27(36)34(21)16-18-9-11-20(12-10-18)22-13-14-29-15-23(22)26-30-32-33-31-26/h5,7-15,17H,3-4,6,16H2,1-2H3,(H,30,31,32,33). The zero-order chi connectivity index (χ0) is 25.1. The van der Waals surface area contributed by atoms with Crippen LogP contribution in [-0.4, -0.2) is 34.7 Å². The number of pyridine rings is 1. The van der Waals surface area contributed by atoms with Crippen LogP contribution in [0.2, 0.25) is 0 Å². The smallest absolute Gasteiger partial charge is 0.292 e. The Kier molecular flexibility index (Phi) is 6.53. The monoisotopic (exact) mass is 483 g/mol. The first-order chi connectivity index (χ1) is 17.6. The molecule has 3 aromatic heterocycles. The molecule has 3 heterocycles. The molecule has 1 N–H and O–H groups in total. The number of aromatic amines is 1. The minimum absolute atomic E-state index is 0.239. The number of imidazole rings is 1. The fourth-order valence-electron chi connectivity index (χ4n) is 4.51. The zero-order valence-corrected chi connectivity index (χ0v) is 20.1.